The van der Waals surface area contributed by atoms with Crippen molar-refractivity contribution in [2.75, 3.05) is 0 Å². The lowest BCUT2D eigenvalue weighted by molar-refractivity contribution is -0.136. The summed E-state index contributed by atoms with van der Waals surface area (Å²) < 4.78 is 0. The number of aliphatic carboxylic acids is 1. The van der Waals surface area contributed by atoms with Crippen molar-refractivity contribution >= 4 is 22.3 Å². The first-order chi connectivity index (χ1) is 3.13. The van der Waals surface area contributed by atoms with E-state index in [4.69, 9.17) is 10.8 Å². The summed E-state index contributed by atoms with van der Waals surface area (Å²) in [6, 6.07) is 0. The molecule has 1 unspecified atom stereocenters. The Balaban J connectivity index is 3.13. The van der Waals surface area contributed by atoms with Crippen molar-refractivity contribution in [3.05, 3.63) is 0 Å². The van der Waals surface area contributed by atoms with Crippen molar-refractivity contribution in [3.8, 4) is 0 Å². The molecule has 0 bridgehead atoms. The minimum atomic E-state index is -0.803. The average molecular weight is 117 g/mol. The lowest BCUT2D eigenvalue weighted by Crippen LogP contribution is -2.23. The minimum absolute atomic E-state index is 0.0856. The first kappa shape index (κ1) is 6.96. The molecule has 0 saturated heterocycles. The maximum Gasteiger partial charge on any atom is 0.303 e. The van der Waals surface area contributed by atoms with E-state index < -0.39 is 5.97 Å². The Kier molecular flexibility index (Phi) is 3.01. The second-order valence-corrected chi connectivity index (χ2v) is 3.06. The molecule has 0 aromatic carbocycles. The van der Waals surface area contributed by atoms with E-state index in [1.165, 1.54) is 0 Å². The van der Waals surface area contributed by atoms with Crippen molar-refractivity contribution in [3.63, 3.8) is 0 Å². The molecular formula is C3H8AlNO2. The van der Waals surface area contributed by atoms with Gasteiger partial charge < -0.3 is 10.8 Å². The first-order valence-electron chi connectivity index (χ1n) is 2.10. The molecule has 0 heterocycles. The van der Waals surface area contributed by atoms with Gasteiger partial charge in [0, 0.05) is 6.42 Å². The third-order valence-electron chi connectivity index (χ3n) is 0.497. The molecule has 0 saturated carbocycles. The molecule has 0 aliphatic heterocycles. The highest BCUT2D eigenvalue weighted by atomic mass is 27.0. The van der Waals surface area contributed by atoms with Crippen LogP contribution in [0.3, 0.4) is 0 Å². The lowest BCUT2D eigenvalue weighted by atomic mass is 10.4. The summed E-state index contributed by atoms with van der Waals surface area (Å²) in [4.78, 5) is 9.67. The van der Waals surface area contributed by atoms with Gasteiger partial charge in [-0.15, -0.1) is 0 Å². The zero-order valence-electron chi connectivity index (χ0n) is 4.22. The van der Waals surface area contributed by atoms with Gasteiger partial charge >= 0.3 is 5.97 Å². The molecule has 0 aliphatic carbocycles. The molecule has 3 N–H and O–H groups in total. The molecular weight excluding hydrogens is 109 g/mol. The molecule has 0 amide bonds. The van der Waals surface area contributed by atoms with Crippen LogP contribution in [0.2, 0.25) is 0 Å². The van der Waals surface area contributed by atoms with Gasteiger partial charge in [-0.05, 0) is 4.90 Å². The van der Waals surface area contributed by atoms with Crippen LogP contribution in [0.15, 0.2) is 0 Å². The highest BCUT2D eigenvalue weighted by molar-refractivity contribution is 6.12. The van der Waals surface area contributed by atoms with Gasteiger partial charge in [-0.1, -0.05) is 0 Å². The van der Waals surface area contributed by atoms with Crippen LogP contribution < -0.4 is 5.73 Å². The van der Waals surface area contributed by atoms with Gasteiger partial charge in [0.05, 0.1) is 0 Å². The number of carboxylic acids is 1. The van der Waals surface area contributed by atoms with E-state index in [9.17, 15) is 4.79 Å². The molecule has 4 heteroatoms. The summed E-state index contributed by atoms with van der Waals surface area (Å²) in [5, 5.41) is 8.03. The molecule has 40 valence electrons. The molecule has 7 heavy (non-hydrogen) atoms. The van der Waals surface area contributed by atoms with Crippen LogP contribution in [0, 0.1) is 0 Å². The second kappa shape index (κ2) is 3.03. The molecule has 1 atom stereocenters. The van der Waals surface area contributed by atoms with Gasteiger partial charge in [-0.3, -0.25) is 4.79 Å². The smallest absolute Gasteiger partial charge is 0.303 e. The summed E-state index contributed by atoms with van der Waals surface area (Å²) in [5.74, 6) is -0.803. The van der Waals surface area contributed by atoms with Gasteiger partial charge in [-0.25, -0.2) is 0 Å². The SMILES string of the molecule is N[CH]([AlH2])CC(=O)O. The molecule has 0 rings (SSSR count). The minimum Gasteiger partial charge on any atom is -0.481 e. The predicted octanol–water partition coefficient (Wildman–Crippen LogP) is -1.62. The van der Waals surface area contributed by atoms with Crippen molar-refractivity contribution in [2.45, 2.75) is 11.3 Å². The highest BCUT2D eigenvalue weighted by Crippen LogP contribution is 1.78. The van der Waals surface area contributed by atoms with Crippen LogP contribution >= 0.6 is 0 Å². The van der Waals surface area contributed by atoms with Crippen molar-refractivity contribution in [1.82, 2.24) is 0 Å². The van der Waals surface area contributed by atoms with Crippen LogP contribution in [0.5, 0.6) is 0 Å². The molecule has 3 nitrogen and oxygen atoms in total. The Hall–Kier alpha value is -0.0375. The lowest BCUT2D eigenvalue weighted by Gasteiger charge is -1.95. The second-order valence-electron chi connectivity index (χ2n) is 1.58. The zero-order valence-corrected chi connectivity index (χ0v) is 6.22. The topological polar surface area (TPSA) is 63.3 Å². The van der Waals surface area contributed by atoms with E-state index in [0.717, 1.165) is 16.3 Å². The molecule has 0 radical (unpaired) electrons. The summed E-state index contributed by atoms with van der Waals surface area (Å²) in [5.41, 5.74) is 5.17. The molecule has 0 aromatic heterocycles. The molecule has 0 spiro atoms. The van der Waals surface area contributed by atoms with Crippen LogP contribution in [-0.4, -0.2) is 32.3 Å². The molecule has 0 aliphatic rings. The maximum absolute atomic E-state index is 9.75. The number of hydrogen-bond acceptors (Lipinski definition) is 2. The van der Waals surface area contributed by atoms with Gasteiger partial charge in [0.2, 0.25) is 16.3 Å². The predicted molar refractivity (Wildman–Crippen MR) is 28.8 cm³/mol. The quantitative estimate of drug-likeness (QED) is 0.427. The average Bonchev–Trinajstić information content (AvgIpc) is 1.27. The van der Waals surface area contributed by atoms with E-state index in [0.29, 0.717) is 0 Å². The fourth-order valence-electron chi connectivity index (χ4n) is 0.275. The first-order valence-corrected chi connectivity index (χ1v) is 3.25. The van der Waals surface area contributed by atoms with E-state index in [-0.39, 0.29) is 11.3 Å². The standard InChI is InChI=1S/C3H6NO2.Al.2H/c4-2-1-3(5)6;;;/h2H,1,4H2,(H,5,6);;;. The normalized spacial score (nSPS) is 13.3. The number of carbonyl (C=O) groups is 1. The van der Waals surface area contributed by atoms with Gasteiger partial charge in [0.1, 0.15) is 0 Å². The van der Waals surface area contributed by atoms with E-state index >= 15 is 0 Å². The van der Waals surface area contributed by atoms with Crippen LogP contribution in [0.1, 0.15) is 6.42 Å². The van der Waals surface area contributed by atoms with Crippen LogP contribution in [0.25, 0.3) is 0 Å². The van der Waals surface area contributed by atoms with E-state index in [1.807, 2.05) is 0 Å². The van der Waals surface area contributed by atoms with Gasteiger partial charge in [0.25, 0.3) is 0 Å². The Morgan fingerprint density at radius 3 is 2.43 bits per heavy atom. The van der Waals surface area contributed by atoms with Crippen molar-refractivity contribution in [2.24, 2.45) is 5.73 Å². The Labute approximate surface area is 49.9 Å². The largest absolute Gasteiger partial charge is 0.481 e. The van der Waals surface area contributed by atoms with Gasteiger partial charge in [0.15, 0.2) is 0 Å². The zero-order chi connectivity index (χ0) is 5.86. The Morgan fingerprint density at radius 2 is 2.43 bits per heavy atom. The third-order valence-corrected chi connectivity index (χ3v) is 0.905. The summed E-state index contributed by atoms with van der Waals surface area (Å²) in [7, 11) is 0. The fourth-order valence-corrected chi connectivity index (χ4v) is 0.625. The van der Waals surface area contributed by atoms with Crippen LogP contribution in [0.4, 0.5) is 0 Å². The van der Waals surface area contributed by atoms with Gasteiger partial charge in [-0.2, -0.15) is 0 Å². The molecule has 0 aromatic rings. The monoisotopic (exact) mass is 117 g/mol. The number of carboxylic acid groups (broad SMARTS) is 1. The summed E-state index contributed by atoms with van der Waals surface area (Å²) in [6.07, 6.45) is 0.117. The molecule has 0 fully saturated rings. The summed E-state index contributed by atoms with van der Waals surface area (Å²) >= 11 is 0.764. The number of rotatable bonds is 2. The van der Waals surface area contributed by atoms with E-state index in [2.05, 4.69) is 0 Å². The third kappa shape index (κ3) is 5.96. The number of nitrogens with two attached hydrogens (primary N) is 1. The number of hydrogen-bond donors (Lipinski definition) is 2. The van der Waals surface area contributed by atoms with Crippen molar-refractivity contribution in [1.29, 1.82) is 0 Å². The fraction of sp³-hybridized carbons (Fsp3) is 0.667. The Bertz CT molecular complexity index is 73.3. The van der Waals surface area contributed by atoms with E-state index in [1.54, 1.807) is 0 Å². The maximum atomic E-state index is 9.75. The van der Waals surface area contributed by atoms with Crippen LogP contribution in [-0.2, 0) is 4.79 Å². The van der Waals surface area contributed by atoms with Crippen molar-refractivity contribution < 1.29 is 9.90 Å². The highest BCUT2D eigenvalue weighted by Gasteiger charge is 1.98. The Morgan fingerprint density at radius 1 is 2.00 bits per heavy atom. The summed E-state index contributed by atoms with van der Waals surface area (Å²) in [6.45, 7) is 0.